The van der Waals surface area contributed by atoms with Crippen LogP contribution in [0.25, 0.3) is 0 Å². The molecule has 1 aromatic carbocycles. The third kappa shape index (κ3) is 5.22. The lowest BCUT2D eigenvalue weighted by Gasteiger charge is -2.16. The molecule has 0 saturated carbocycles. The van der Waals surface area contributed by atoms with Gasteiger partial charge in [-0.1, -0.05) is 12.1 Å². The molecular weight excluding hydrogens is 316 g/mol. The van der Waals surface area contributed by atoms with Crippen LogP contribution in [0, 0.1) is 0 Å². The van der Waals surface area contributed by atoms with E-state index in [-0.39, 0.29) is 12.5 Å². The molecule has 0 atom stereocenters. The molecule has 0 spiro atoms. The van der Waals surface area contributed by atoms with Gasteiger partial charge in [0.25, 0.3) is 0 Å². The van der Waals surface area contributed by atoms with E-state index in [4.69, 9.17) is 14.2 Å². The fourth-order valence-electron chi connectivity index (χ4n) is 1.87. The molecule has 0 unspecified atom stereocenters. The molecule has 1 heterocycles. The minimum atomic E-state index is -0.0779. The van der Waals surface area contributed by atoms with Crippen LogP contribution in [0.2, 0.25) is 0 Å². The van der Waals surface area contributed by atoms with Crippen molar-refractivity contribution in [3.05, 3.63) is 40.8 Å². The van der Waals surface area contributed by atoms with Gasteiger partial charge in [0.2, 0.25) is 11.8 Å². The van der Waals surface area contributed by atoms with Crippen LogP contribution in [0.3, 0.4) is 0 Å². The summed E-state index contributed by atoms with van der Waals surface area (Å²) in [5.74, 6) is 1.29. The average molecular weight is 336 g/mol. The van der Waals surface area contributed by atoms with Crippen LogP contribution in [-0.4, -0.2) is 43.1 Å². The predicted molar refractivity (Wildman–Crippen MR) is 87.8 cm³/mol. The van der Waals surface area contributed by atoms with Gasteiger partial charge in [0, 0.05) is 18.0 Å². The van der Waals surface area contributed by atoms with Crippen molar-refractivity contribution in [3.63, 3.8) is 0 Å². The Morgan fingerprint density at radius 3 is 2.57 bits per heavy atom. The minimum absolute atomic E-state index is 0.0401. The molecule has 2 rings (SSSR count). The van der Waals surface area contributed by atoms with E-state index in [9.17, 15) is 4.79 Å². The molecule has 23 heavy (non-hydrogen) atoms. The minimum Gasteiger partial charge on any atom is -0.497 e. The molecule has 0 aliphatic carbocycles. The number of amides is 1. The molecule has 7 heteroatoms. The second-order valence-electron chi connectivity index (χ2n) is 4.93. The van der Waals surface area contributed by atoms with E-state index in [0.29, 0.717) is 19.0 Å². The molecule has 0 aliphatic heterocycles. The van der Waals surface area contributed by atoms with Crippen molar-refractivity contribution in [2.45, 2.75) is 13.2 Å². The van der Waals surface area contributed by atoms with Gasteiger partial charge in [0.15, 0.2) is 0 Å². The quantitative estimate of drug-likeness (QED) is 0.740. The van der Waals surface area contributed by atoms with Crippen molar-refractivity contribution < 1.29 is 19.0 Å². The van der Waals surface area contributed by atoms with Gasteiger partial charge >= 0.3 is 0 Å². The van der Waals surface area contributed by atoms with Crippen molar-refractivity contribution in [2.75, 3.05) is 27.9 Å². The molecule has 0 bridgehead atoms. The average Bonchev–Trinajstić information content (AvgIpc) is 3.03. The zero-order valence-corrected chi connectivity index (χ0v) is 14.3. The molecule has 1 aromatic heterocycles. The lowest BCUT2D eigenvalue weighted by molar-refractivity contribution is -0.135. The summed E-state index contributed by atoms with van der Waals surface area (Å²) in [7, 11) is 4.94. The summed E-state index contributed by atoms with van der Waals surface area (Å²) < 4.78 is 19.7. The number of carbonyl (C=O) groups is 1. The van der Waals surface area contributed by atoms with Crippen LogP contribution >= 0.6 is 11.5 Å². The SMILES string of the molecule is COc1ccc(COCC(=O)N(C)Cc2cc(OC)ns2)cc1. The zero-order valence-electron chi connectivity index (χ0n) is 13.4. The number of likely N-dealkylation sites (N-methyl/N-ethyl adjacent to an activating group) is 1. The van der Waals surface area contributed by atoms with Crippen LogP contribution in [0.4, 0.5) is 0 Å². The summed E-state index contributed by atoms with van der Waals surface area (Å²) in [6, 6.07) is 9.38. The van der Waals surface area contributed by atoms with Gasteiger partial charge < -0.3 is 19.1 Å². The van der Waals surface area contributed by atoms with Crippen LogP contribution in [0.15, 0.2) is 30.3 Å². The maximum Gasteiger partial charge on any atom is 0.248 e. The first-order chi connectivity index (χ1) is 11.1. The number of hydrogen-bond acceptors (Lipinski definition) is 6. The monoisotopic (exact) mass is 336 g/mol. The van der Waals surface area contributed by atoms with Gasteiger partial charge in [-0.15, -0.1) is 0 Å². The predicted octanol–water partition coefficient (Wildman–Crippen LogP) is 2.34. The van der Waals surface area contributed by atoms with Gasteiger partial charge in [-0.25, -0.2) is 0 Å². The maximum atomic E-state index is 12.0. The van der Waals surface area contributed by atoms with Crippen molar-refractivity contribution in [3.8, 4) is 11.6 Å². The van der Waals surface area contributed by atoms with E-state index in [2.05, 4.69) is 4.37 Å². The van der Waals surface area contributed by atoms with E-state index < -0.39 is 0 Å². The fourth-order valence-corrected chi connectivity index (χ4v) is 2.61. The van der Waals surface area contributed by atoms with Gasteiger partial charge in [-0.2, -0.15) is 4.37 Å². The number of hydrogen-bond donors (Lipinski definition) is 0. The summed E-state index contributed by atoms with van der Waals surface area (Å²) in [5.41, 5.74) is 0.994. The van der Waals surface area contributed by atoms with Crippen molar-refractivity contribution in [1.29, 1.82) is 0 Å². The Morgan fingerprint density at radius 1 is 1.22 bits per heavy atom. The molecule has 1 amide bonds. The maximum absolute atomic E-state index is 12.0. The molecule has 6 nitrogen and oxygen atoms in total. The Kier molecular flexibility index (Phi) is 6.37. The fraction of sp³-hybridized carbons (Fsp3) is 0.375. The number of aromatic nitrogens is 1. The number of rotatable bonds is 8. The third-order valence-electron chi connectivity index (χ3n) is 3.22. The Balaban J connectivity index is 1.74. The highest BCUT2D eigenvalue weighted by atomic mass is 32.1. The first kappa shape index (κ1) is 17.2. The second-order valence-corrected chi connectivity index (χ2v) is 5.82. The zero-order chi connectivity index (χ0) is 16.7. The van der Waals surface area contributed by atoms with Gasteiger partial charge in [0.05, 0.1) is 27.4 Å². The van der Waals surface area contributed by atoms with E-state index in [1.807, 2.05) is 30.3 Å². The van der Waals surface area contributed by atoms with Crippen LogP contribution in [-0.2, 0) is 22.7 Å². The van der Waals surface area contributed by atoms with Crippen LogP contribution in [0.1, 0.15) is 10.4 Å². The summed E-state index contributed by atoms with van der Waals surface area (Å²) in [4.78, 5) is 14.6. The first-order valence-corrected chi connectivity index (χ1v) is 7.84. The number of nitrogens with zero attached hydrogens (tertiary/aromatic N) is 2. The second kappa shape index (κ2) is 8.50. The highest BCUT2D eigenvalue weighted by molar-refractivity contribution is 7.05. The smallest absolute Gasteiger partial charge is 0.248 e. The molecule has 0 radical (unpaired) electrons. The van der Waals surface area contributed by atoms with Crippen molar-refractivity contribution in [1.82, 2.24) is 9.27 Å². The van der Waals surface area contributed by atoms with Crippen molar-refractivity contribution in [2.24, 2.45) is 0 Å². The molecule has 124 valence electrons. The normalized spacial score (nSPS) is 10.4. The van der Waals surface area contributed by atoms with E-state index >= 15 is 0 Å². The van der Waals surface area contributed by atoms with Gasteiger partial charge in [-0.3, -0.25) is 4.79 Å². The lowest BCUT2D eigenvalue weighted by atomic mass is 10.2. The Labute approximate surface area is 139 Å². The molecule has 0 aliphatic rings. The van der Waals surface area contributed by atoms with E-state index in [1.165, 1.54) is 11.5 Å². The topological polar surface area (TPSA) is 60.9 Å². The molecule has 0 N–H and O–H groups in total. The summed E-state index contributed by atoms with van der Waals surface area (Å²) in [5, 5.41) is 0. The Morgan fingerprint density at radius 2 is 1.96 bits per heavy atom. The highest BCUT2D eigenvalue weighted by Crippen LogP contribution is 2.17. The number of ether oxygens (including phenoxy) is 3. The van der Waals surface area contributed by atoms with Crippen LogP contribution < -0.4 is 9.47 Å². The molecule has 0 saturated heterocycles. The van der Waals surface area contributed by atoms with Gasteiger partial charge in [0.1, 0.15) is 12.4 Å². The van der Waals surface area contributed by atoms with Crippen molar-refractivity contribution >= 4 is 17.4 Å². The summed E-state index contributed by atoms with van der Waals surface area (Å²) in [6.07, 6.45) is 0. The first-order valence-electron chi connectivity index (χ1n) is 7.06. The van der Waals surface area contributed by atoms with E-state index in [0.717, 1.165) is 16.2 Å². The summed E-state index contributed by atoms with van der Waals surface area (Å²) in [6.45, 7) is 0.919. The molecular formula is C16H20N2O4S. The standard InChI is InChI=1S/C16H20N2O4S/c1-18(9-14-8-15(21-3)17-23-14)16(19)11-22-10-12-4-6-13(20-2)7-5-12/h4-8H,9-11H2,1-3H3. The number of benzene rings is 1. The Bertz CT molecular complexity index is 627. The lowest BCUT2D eigenvalue weighted by Crippen LogP contribution is -2.29. The van der Waals surface area contributed by atoms with E-state index in [1.54, 1.807) is 26.2 Å². The largest absolute Gasteiger partial charge is 0.497 e. The van der Waals surface area contributed by atoms with Crippen LogP contribution in [0.5, 0.6) is 11.6 Å². The molecule has 2 aromatic rings. The summed E-state index contributed by atoms with van der Waals surface area (Å²) >= 11 is 1.32. The van der Waals surface area contributed by atoms with Gasteiger partial charge in [-0.05, 0) is 29.2 Å². The molecule has 0 fully saturated rings. The Hall–Kier alpha value is -2.12. The number of carbonyl (C=O) groups excluding carboxylic acids is 1. The highest BCUT2D eigenvalue weighted by Gasteiger charge is 2.12. The number of methoxy groups -OCH3 is 2. The third-order valence-corrected chi connectivity index (χ3v) is 3.97.